The van der Waals surface area contributed by atoms with E-state index in [9.17, 15) is 4.39 Å². The van der Waals surface area contributed by atoms with Gasteiger partial charge in [-0.05, 0) is 54.4 Å². The lowest BCUT2D eigenvalue weighted by molar-refractivity contribution is 0.411. The second-order valence-corrected chi connectivity index (χ2v) is 5.31. The van der Waals surface area contributed by atoms with Crippen LogP contribution in [0, 0.1) is 5.82 Å². The number of rotatable bonds is 1. The molecule has 1 nitrogen and oxygen atoms in total. The highest BCUT2D eigenvalue weighted by Gasteiger charge is 2.34. The fourth-order valence-electron chi connectivity index (χ4n) is 2.14. The van der Waals surface area contributed by atoms with Crippen LogP contribution in [-0.4, -0.2) is 6.54 Å². The van der Waals surface area contributed by atoms with Crippen LogP contribution in [-0.2, 0) is 5.54 Å². The molecule has 1 aliphatic rings. The summed E-state index contributed by atoms with van der Waals surface area (Å²) in [6.07, 6.45) is 1.97. The number of nitrogens with one attached hydrogen (secondary N) is 1. The molecular weight excluding hydrogens is 280 g/mol. The Labute approximate surface area is 102 Å². The Hall–Kier alpha value is -0.120. The Balaban J connectivity index is 2.55. The van der Waals surface area contributed by atoms with Crippen molar-refractivity contribution in [3.8, 4) is 0 Å². The van der Waals surface area contributed by atoms with E-state index in [-0.39, 0.29) is 11.4 Å². The molecule has 2 rings (SSSR count). The molecule has 1 aromatic carbocycles. The highest BCUT2D eigenvalue weighted by Crippen LogP contribution is 2.39. The van der Waals surface area contributed by atoms with Gasteiger partial charge in [0.2, 0.25) is 0 Å². The first kappa shape index (κ1) is 11.4. The lowest BCUT2D eigenvalue weighted by Crippen LogP contribution is -2.34. The molecule has 0 amide bonds. The van der Waals surface area contributed by atoms with Crippen LogP contribution < -0.4 is 5.32 Å². The summed E-state index contributed by atoms with van der Waals surface area (Å²) >= 11 is 9.47. The van der Waals surface area contributed by atoms with E-state index in [2.05, 4.69) is 21.2 Å². The van der Waals surface area contributed by atoms with E-state index < -0.39 is 0 Å². The summed E-state index contributed by atoms with van der Waals surface area (Å²) in [7, 11) is 0. The van der Waals surface area contributed by atoms with E-state index in [1.165, 1.54) is 6.07 Å². The zero-order valence-electron chi connectivity index (χ0n) is 8.41. The second-order valence-electron chi connectivity index (χ2n) is 4.08. The minimum atomic E-state index is -0.328. The molecule has 1 atom stereocenters. The van der Waals surface area contributed by atoms with Crippen molar-refractivity contribution in [2.45, 2.75) is 25.3 Å². The van der Waals surface area contributed by atoms with Crippen molar-refractivity contribution >= 4 is 27.5 Å². The molecule has 1 aromatic rings. The predicted molar refractivity (Wildman–Crippen MR) is 63.7 cm³/mol. The van der Waals surface area contributed by atoms with Gasteiger partial charge in [0.1, 0.15) is 5.82 Å². The van der Waals surface area contributed by atoms with Crippen molar-refractivity contribution in [2.24, 2.45) is 0 Å². The van der Waals surface area contributed by atoms with Gasteiger partial charge in [0, 0.05) is 15.6 Å². The molecule has 1 saturated heterocycles. The first-order valence-electron chi connectivity index (χ1n) is 4.93. The molecule has 0 bridgehead atoms. The summed E-state index contributed by atoms with van der Waals surface area (Å²) in [4.78, 5) is 0. The summed E-state index contributed by atoms with van der Waals surface area (Å²) in [6.45, 7) is 2.91. The summed E-state index contributed by atoms with van der Waals surface area (Å²) in [5.74, 6) is -0.236. The summed E-state index contributed by atoms with van der Waals surface area (Å²) in [5, 5.41) is 3.79. The predicted octanol–water partition coefficient (Wildman–Crippen LogP) is 3.84. The zero-order valence-corrected chi connectivity index (χ0v) is 10.8. The smallest absolute Gasteiger partial charge is 0.129 e. The Morgan fingerprint density at radius 3 is 2.87 bits per heavy atom. The Bertz CT molecular complexity index is 388. The van der Waals surface area contributed by atoms with E-state index in [1.54, 1.807) is 6.07 Å². The van der Waals surface area contributed by atoms with Crippen LogP contribution in [0.2, 0.25) is 5.02 Å². The Kier molecular flexibility index (Phi) is 3.06. The third-order valence-electron chi connectivity index (χ3n) is 2.96. The normalized spacial score (nSPS) is 25.9. The largest absolute Gasteiger partial charge is 0.307 e. The maximum atomic E-state index is 13.8. The van der Waals surface area contributed by atoms with Crippen molar-refractivity contribution in [2.75, 3.05) is 6.54 Å². The Morgan fingerprint density at radius 2 is 2.27 bits per heavy atom. The van der Waals surface area contributed by atoms with E-state index >= 15 is 0 Å². The molecule has 0 aliphatic carbocycles. The SMILES string of the molecule is CC1(c2c(F)ccc(Br)c2Cl)CCCN1. The molecule has 1 aliphatic heterocycles. The van der Waals surface area contributed by atoms with Crippen LogP contribution in [0.5, 0.6) is 0 Å². The highest BCUT2D eigenvalue weighted by molar-refractivity contribution is 9.10. The molecule has 0 saturated carbocycles. The Morgan fingerprint density at radius 1 is 1.53 bits per heavy atom. The van der Waals surface area contributed by atoms with E-state index in [0.29, 0.717) is 10.6 Å². The van der Waals surface area contributed by atoms with Crippen LogP contribution in [0.25, 0.3) is 0 Å². The van der Waals surface area contributed by atoms with Crippen molar-refractivity contribution in [3.05, 3.63) is 33.0 Å². The van der Waals surface area contributed by atoms with Crippen LogP contribution in [0.15, 0.2) is 16.6 Å². The molecule has 15 heavy (non-hydrogen) atoms. The van der Waals surface area contributed by atoms with Gasteiger partial charge in [-0.1, -0.05) is 11.6 Å². The minimum Gasteiger partial charge on any atom is -0.307 e. The number of hydrogen-bond acceptors (Lipinski definition) is 1. The van der Waals surface area contributed by atoms with Crippen molar-refractivity contribution in [1.29, 1.82) is 0 Å². The molecule has 4 heteroatoms. The summed E-state index contributed by atoms with van der Waals surface area (Å²) in [6, 6.07) is 3.09. The minimum absolute atomic E-state index is 0.236. The lowest BCUT2D eigenvalue weighted by Gasteiger charge is -2.27. The first-order chi connectivity index (χ1) is 7.04. The average molecular weight is 293 g/mol. The fourth-order valence-corrected chi connectivity index (χ4v) is 2.83. The van der Waals surface area contributed by atoms with Gasteiger partial charge < -0.3 is 5.32 Å². The van der Waals surface area contributed by atoms with Gasteiger partial charge in [0.15, 0.2) is 0 Å². The fraction of sp³-hybridized carbons (Fsp3) is 0.455. The highest BCUT2D eigenvalue weighted by atomic mass is 79.9. The van der Waals surface area contributed by atoms with Gasteiger partial charge in [0.25, 0.3) is 0 Å². The number of halogens is 3. The summed E-state index contributed by atoms with van der Waals surface area (Å²) in [5.41, 5.74) is 0.251. The summed E-state index contributed by atoms with van der Waals surface area (Å²) < 4.78 is 14.5. The van der Waals surface area contributed by atoms with E-state index in [1.807, 2.05) is 6.92 Å². The molecule has 0 spiro atoms. The topological polar surface area (TPSA) is 12.0 Å². The lowest BCUT2D eigenvalue weighted by atomic mass is 9.90. The van der Waals surface area contributed by atoms with Crippen LogP contribution >= 0.6 is 27.5 Å². The van der Waals surface area contributed by atoms with Gasteiger partial charge in [-0.25, -0.2) is 4.39 Å². The third kappa shape index (κ3) is 1.93. The van der Waals surface area contributed by atoms with E-state index in [4.69, 9.17) is 11.6 Å². The maximum absolute atomic E-state index is 13.8. The van der Waals surface area contributed by atoms with Gasteiger partial charge in [-0.2, -0.15) is 0 Å². The van der Waals surface area contributed by atoms with Crippen molar-refractivity contribution < 1.29 is 4.39 Å². The zero-order chi connectivity index (χ0) is 11.1. The van der Waals surface area contributed by atoms with Crippen molar-refractivity contribution in [3.63, 3.8) is 0 Å². The van der Waals surface area contributed by atoms with Crippen LogP contribution in [0.1, 0.15) is 25.3 Å². The molecule has 1 fully saturated rings. The molecule has 0 radical (unpaired) electrons. The quantitative estimate of drug-likeness (QED) is 0.776. The third-order valence-corrected chi connectivity index (χ3v) is 4.25. The maximum Gasteiger partial charge on any atom is 0.129 e. The average Bonchev–Trinajstić information content (AvgIpc) is 2.60. The molecule has 82 valence electrons. The van der Waals surface area contributed by atoms with Crippen molar-refractivity contribution in [1.82, 2.24) is 5.32 Å². The first-order valence-corrected chi connectivity index (χ1v) is 6.11. The van der Waals surface area contributed by atoms with Gasteiger partial charge in [-0.3, -0.25) is 0 Å². The molecule has 0 aromatic heterocycles. The van der Waals surface area contributed by atoms with Crippen LogP contribution in [0.3, 0.4) is 0 Å². The van der Waals surface area contributed by atoms with Gasteiger partial charge in [-0.15, -0.1) is 0 Å². The van der Waals surface area contributed by atoms with Gasteiger partial charge >= 0.3 is 0 Å². The monoisotopic (exact) mass is 291 g/mol. The van der Waals surface area contributed by atoms with Gasteiger partial charge in [0.05, 0.1) is 5.02 Å². The van der Waals surface area contributed by atoms with E-state index in [0.717, 1.165) is 23.9 Å². The molecule has 1 heterocycles. The molecular formula is C11H12BrClFN. The second kappa shape index (κ2) is 4.04. The number of benzene rings is 1. The molecule has 1 N–H and O–H groups in total. The number of hydrogen-bond donors (Lipinski definition) is 1. The standard InChI is InChI=1S/C11H12BrClFN/c1-11(5-2-6-15-11)9-8(14)4-3-7(12)10(9)13/h3-4,15H,2,5-6H2,1H3. The van der Waals surface area contributed by atoms with Crippen LogP contribution in [0.4, 0.5) is 4.39 Å². The molecule has 1 unspecified atom stereocenters.